The van der Waals surface area contributed by atoms with E-state index in [2.05, 4.69) is 10.3 Å². The average Bonchev–Trinajstić information content (AvgIpc) is 2.25. The third-order valence-electron chi connectivity index (χ3n) is 2.56. The molecule has 0 bridgehead atoms. The number of amides is 1. The Bertz CT molecular complexity index is 364. The number of nitrogens with one attached hydrogen (secondary N) is 1. The summed E-state index contributed by atoms with van der Waals surface area (Å²) in [4.78, 5) is 15.7. The second-order valence-corrected chi connectivity index (χ2v) is 4.10. The van der Waals surface area contributed by atoms with Crippen LogP contribution in [0.3, 0.4) is 0 Å². The van der Waals surface area contributed by atoms with Crippen LogP contribution in [0.5, 0.6) is 5.75 Å². The summed E-state index contributed by atoms with van der Waals surface area (Å²) in [5.41, 5.74) is 0.0848. The van der Waals surface area contributed by atoms with Gasteiger partial charge in [0.05, 0.1) is 0 Å². The van der Waals surface area contributed by atoms with Crippen molar-refractivity contribution in [3.05, 3.63) is 24.0 Å². The van der Waals surface area contributed by atoms with Crippen molar-refractivity contribution in [3.63, 3.8) is 0 Å². The molecule has 0 fully saturated rings. The molecule has 1 heterocycles. The van der Waals surface area contributed by atoms with E-state index < -0.39 is 0 Å². The molecule has 16 heavy (non-hydrogen) atoms. The fourth-order valence-electron chi connectivity index (χ4n) is 1.55. The zero-order chi connectivity index (χ0) is 12.1. The molecular weight excluding hydrogens is 204 g/mol. The predicted molar refractivity (Wildman–Crippen MR) is 62.3 cm³/mol. The smallest absolute Gasteiger partial charge is 0.273 e. The third kappa shape index (κ3) is 2.95. The number of rotatable bonds is 4. The number of pyridine rings is 1. The fourth-order valence-corrected chi connectivity index (χ4v) is 1.55. The summed E-state index contributed by atoms with van der Waals surface area (Å²) in [6.45, 7) is 6.11. The van der Waals surface area contributed by atoms with Gasteiger partial charge in [0.2, 0.25) is 0 Å². The summed E-state index contributed by atoms with van der Waals surface area (Å²) in [7, 11) is 0. The topological polar surface area (TPSA) is 62.2 Å². The van der Waals surface area contributed by atoms with Gasteiger partial charge in [0.1, 0.15) is 5.75 Å². The molecule has 1 unspecified atom stereocenters. The molecule has 1 atom stereocenters. The molecule has 4 heteroatoms. The minimum Gasteiger partial charge on any atom is -0.505 e. The first-order chi connectivity index (χ1) is 7.56. The first kappa shape index (κ1) is 12.5. The largest absolute Gasteiger partial charge is 0.505 e. The maximum Gasteiger partial charge on any atom is 0.273 e. The van der Waals surface area contributed by atoms with Crippen molar-refractivity contribution in [3.8, 4) is 5.75 Å². The normalized spacial score (nSPS) is 12.5. The van der Waals surface area contributed by atoms with Gasteiger partial charge in [-0.1, -0.05) is 20.8 Å². The van der Waals surface area contributed by atoms with Gasteiger partial charge < -0.3 is 10.4 Å². The standard InChI is InChI=1S/C12H18N2O2/c1-4-9(8(2)3)14-12(16)11-10(15)6-5-7-13-11/h5-9,15H,4H2,1-3H3,(H,14,16). The van der Waals surface area contributed by atoms with Crippen molar-refractivity contribution in [1.82, 2.24) is 10.3 Å². The van der Waals surface area contributed by atoms with Gasteiger partial charge in [-0.25, -0.2) is 4.98 Å². The van der Waals surface area contributed by atoms with Gasteiger partial charge in [-0.15, -0.1) is 0 Å². The quantitative estimate of drug-likeness (QED) is 0.818. The molecule has 1 rings (SSSR count). The number of aromatic nitrogens is 1. The van der Waals surface area contributed by atoms with E-state index in [-0.39, 0.29) is 23.4 Å². The van der Waals surface area contributed by atoms with Gasteiger partial charge in [0.25, 0.3) is 5.91 Å². The van der Waals surface area contributed by atoms with E-state index in [4.69, 9.17) is 0 Å². The van der Waals surface area contributed by atoms with Gasteiger partial charge in [-0.3, -0.25) is 4.79 Å². The molecule has 1 amide bonds. The van der Waals surface area contributed by atoms with Gasteiger partial charge in [-0.05, 0) is 24.5 Å². The van der Waals surface area contributed by atoms with E-state index in [9.17, 15) is 9.90 Å². The second kappa shape index (κ2) is 5.49. The maximum absolute atomic E-state index is 11.8. The van der Waals surface area contributed by atoms with Gasteiger partial charge in [-0.2, -0.15) is 0 Å². The van der Waals surface area contributed by atoms with Crippen molar-refractivity contribution in [2.24, 2.45) is 5.92 Å². The molecule has 0 saturated carbocycles. The number of carbonyl (C=O) groups excluding carboxylic acids is 1. The highest BCUT2D eigenvalue weighted by atomic mass is 16.3. The molecule has 0 radical (unpaired) electrons. The van der Waals surface area contributed by atoms with E-state index in [0.29, 0.717) is 5.92 Å². The van der Waals surface area contributed by atoms with Crippen LogP contribution in [0.15, 0.2) is 18.3 Å². The van der Waals surface area contributed by atoms with Gasteiger partial charge in [0, 0.05) is 12.2 Å². The monoisotopic (exact) mass is 222 g/mol. The number of nitrogens with zero attached hydrogens (tertiary/aromatic N) is 1. The van der Waals surface area contributed by atoms with Crippen LogP contribution in [-0.4, -0.2) is 22.0 Å². The van der Waals surface area contributed by atoms with Crippen molar-refractivity contribution >= 4 is 5.91 Å². The van der Waals surface area contributed by atoms with Crippen molar-refractivity contribution in [2.45, 2.75) is 33.2 Å². The van der Waals surface area contributed by atoms with Crippen molar-refractivity contribution < 1.29 is 9.90 Å². The molecule has 0 saturated heterocycles. The Morgan fingerprint density at radius 1 is 1.56 bits per heavy atom. The number of aromatic hydroxyl groups is 1. The van der Waals surface area contributed by atoms with Crippen LogP contribution in [-0.2, 0) is 0 Å². The van der Waals surface area contributed by atoms with Crippen molar-refractivity contribution in [1.29, 1.82) is 0 Å². The molecular formula is C12H18N2O2. The number of hydrogen-bond acceptors (Lipinski definition) is 3. The maximum atomic E-state index is 11.8. The van der Waals surface area contributed by atoms with Gasteiger partial charge in [0.15, 0.2) is 5.69 Å². The van der Waals surface area contributed by atoms with E-state index in [1.54, 1.807) is 6.07 Å². The van der Waals surface area contributed by atoms with Crippen molar-refractivity contribution in [2.75, 3.05) is 0 Å². The Morgan fingerprint density at radius 2 is 2.25 bits per heavy atom. The molecule has 1 aromatic rings. The number of carbonyl (C=O) groups is 1. The zero-order valence-electron chi connectivity index (χ0n) is 9.90. The van der Waals surface area contributed by atoms with E-state index in [1.807, 2.05) is 20.8 Å². The fraction of sp³-hybridized carbons (Fsp3) is 0.500. The van der Waals surface area contributed by atoms with Crippen LogP contribution in [0.25, 0.3) is 0 Å². The van der Waals surface area contributed by atoms with Crippen LogP contribution < -0.4 is 5.32 Å². The van der Waals surface area contributed by atoms with Gasteiger partial charge >= 0.3 is 0 Å². The Hall–Kier alpha value is -1.58. The zero-order valence-corrected chi connectivity index (χ0v) is 9.90. The minimum atomic E-state index is -0.321. The Kier molecular flexibility index (Phi) is 4.28. The highest BCUT2D eigenvalue weighted by molar-refractivity contribution is 5.94. The molecule has 0 spiro atoms. The Labute approximate surface area is 95.7 Å². The third-order valence-corrected chi connectivity index (χ3v) is 2.56. The molecule has 4 nitrogen and oxygen atoms in total. The molecule has 88 valence electrons. The lowest BCUT2D eigenvalue weighted by atomic mass is 10.0. The van der Waals surface area contributed by atoms with Crippen LogP contribution in [0.4, 0.5) is 0 Å². The molecule has 0 aliphatic heterocycles. The average molecular weight is 222 g/mol. The lowest BCUT2D eigenvalue weighted by Gasteiger charge is -2.20. The van der Waals surface area contributed by atoms with E-state index in [0.717, 1.165) is 6.42 Å². The van der Waals surface area contributed by atoms with E-state index in [1.165, 1.54) is 12.3 Å². The lowest BCUT2D eigenvalue weighted by Crippen LogP contribution is -2.38. The summed E-state index contributed by atoms with van der Waals surface area (Å²) < 4.78 is 0. The highest BCUT2D eigenvalue weighted by Gasteiger charge is 2.18. The molecule has 0 aliphatic rings. The molecule has 1 aromatic heterocycles. The van der Waals surface area contributed by atoms with Crippen LogP contribution in [0, 0.1) is 5.92 Å². The first-order valence-corrected chi connectivity index (χ1v) is 5.51. The first-order valence-electron chi connectivity index (χ1n) is 5.51. The summed E-state index contributed by atoms with van der Waals surface area (Å²) in [6, 6.07) is 3.15. The number of hydrogen-bond donors (Lipinski definition) is 2. The lowest BCUT2D eigenvalue weighted by molar-refractivity contribution is 0.0916. The second-order valence-electron chi connectivity index (χ2n) is 4.10. The highest BCUT2D eigenvalue weighted by Crippen LogP contribution is 2.13. The Balaban J connectivity index is 2.76. The Morgan fingerprint density at radius 3 is 2.75 bits per heavy atom. The van der Waals surface area contributed by atoms with Crippen LogP contribution in [0.2, 0.25) is 0 Å². The SMILES string of the molecule is CCC(NC(=O)c1ncccc1O)C(C)C. The summed E-state index contributed by atoms with van der Waals surface area (Å²) >= 11 is 0. The van der Waals surface area contributed by atoms with Crippen LogP contribution >= 0.6 is 0 Å². The summed E-state index contributed by atoms with van der Waals surface area (Å²) in [5.74, 6) is -0.0444. The molecule has 0 aromatic carbocycles. The minimum absolute atomic E-state index is 0.0846. The predicted octanol–water partition coefficient (Wildman–Crippen LogP) is 1.95. The summed E-state index contributed by atoms with van der Waals surface area (Å²) in [6.07, 6.45) is 2.35. The summed E-state index contributed by atoms with van der Waals surface area (Å²) in [5, 5.41) is 12.3. The van der Waals surface area contributed by atoms with Crippen LogP contribution in [0.1, 0.15) is 37.7 Å². The molecule has 0 aliphatic carbocycles. The van der Waals surface area contributed by atoms with E-state index >= 15 is 0 Å². The molecule has 2 N–H and O–H groups in total.